The van der Waals surface area contributed by atoms with Gasteiger partial charge in [-0.1, -0.05) is 35.3 Å². The van der Waals surface area contributed by atoms with Gasteiger partial charge < -0.3 is 14.6 Å². The number of halogens is 2. The monoisotopic (exact) mass is 340 g/mol. The lowest BCUT2D eigenvalue weighted by Gasteiger charge is -2.19. The van der Waals surface area contributed by atoms with E-state index in [9.17, 15) is 9.90 Å². The highest BCUT2D eigenvalue weighted by Crippen LogP contribution is 2.20. The van der Waals surface area contributed by atoms with Crippen LogP contribution in [0.5, 0.6) is 0 Å². The molecule has 0 bridgehead atoms. The zero-order valence-corrected chi connectivity index (χ0v) is 14.0. The lowest BCUT2D eigenvalue weighted by Crippen LogP contribution is -2.28. The molecule has 118 valence electrons. The molecule has 0 saturated heterocycles. The maximum absolute atomic E-state index is 12.2. The number of hydrogen-bond donors (Lipinski definition) is 1. The first-order valence-corrected chi connectivity index (χ1v) is 7.60. The Labute approximate surface area is 139 Å². The highest BCUT2D eigenvalue weighted by molar-refractivity contribution is 6.30. The second-order valence-corrected chi connectivity index (χ2v) is 6.15. The van der Waals surface area contributed by atoms with Gasteiger partial charge in [-0.25, -0.2) is 0 Å². The van der Waals surface area contributed by atoms with Crippen LogP contribution in [0.15, 0.2) is 36.5 Å². The Balaban J connectivity index is 1.96. The largest absolute Gasteiger partial charge is 0.388 e. The van der Waals surface area contributed by atoms with Crippen LogP contribution in [0.25, 0.3) is 0 Å². The van der Waals surface area contributed by atoms with E-state index in [0.29, 0.717) is 22.2 Å². The number of aryl methyl sites for hydroxylation is 1. The molecule has 0 saturated carbocycles. The van der Waals surface area contributed by atoms with Crippen molar-refractivity contribution in [2.75, 3.05) is 7.05 Å². The SMILES string of the molecule is CN(Cc1cc(Cl)cn1C)C(=O)CC(O)c1ccc(Cl)cc1. The molecule has 4 nitrogen and oxygen atoms in total. The molecule has 1 atom stereocenters. The Morgan fingerprint density at radius 1 is 1.27 bits per heavy atom. The summed E-state index contributed by atoms with van der Waals surface area (Å²) in [7, 11) is 3.58. The summed E-state index contributed by atoms with van der Waals surface area (Å²) >= 11 is 11.7. The molecule has 1 amide bonds. The van der Waals surface area contributed by atoms with E-state index in [1.807, 2.05) is 17.7 Å². The topological polar surface area (TPSA) is 45.5 Å². The van der Waals surface area contributed by atoms with E-state index in [1.165, 1.54) is 0 Å². The third kappa shape index (κ3) is 4.26. The molecule has 22 heavy (non-hydrogen) atoms. The fourth-order valence-corrected chi connectivity index (χ4v) is 2.58. The number of aliphatic hydroxyl groups excluding tert-OH is 1. The Morgan fingerprint density at radius 3 is 2.45 bits per heavy atom. The van der Waals surface area contributed by atoms with Crippen LogP contribution in [0.2, 0.25) is 10.0 Å². The van der Waals surface area contributed by atoms with Crippen molar-refractivity contribution in [2.45, 2.75) is 19.1 Å². The van der Waals surface area contributed by atoms with Gasteiger partial charge in [0, 0.05) is 31.0 Å². The number of aromatic nitrogens is 1. The van der Waals surface area contributed by atoms with Gasteiger partial charge in [-0.2, -0.15) is 0 Å². The van der Waals surface area contributed by atoms with Crippen molar-refractivity contribution in [2.24, 2.45) is 7.05 Å². The van der Waals surface area contributed by atoms with E-state index in [4.69, 9.17) is 23.2 Å². The third-order valence-electron chi connectivity index (χ3n) is 3.52. The Kier molecular flexibility index (Phi) is 5.51. The predicted molar refractivity (Wildman–Crippen MR) is 87.9 cm³/mol. The number of rotatable bonds is 5. The molecule has 0 aliphatic heterocycles. The van der Waals surface area contributed by atoms with E-state index in [0.717, 1.165) is 5.69 Å². The summed E-state index contributed by atoms with van der Waals surface area (Å²) < 4.78 is 1.88. The van der Waals surface area contributed by atoms with Crippen LogP contribution in [-0.4, -0.2) is 27.5 Å². The number of amides is 1. The quantitative estimate of drug-likeness (QED) is 0.906. The molecule has 0 aliphatic rings. The molecule has 0 spiro atoms. The number of benzene rings is 1. The van der Waals surface area contributed by atoms with Gasteiger partial charge >= 0.3 is 0 Å². The lowest BCUT2D eigenvalue weighted by atomic mass is 10.1. The van der Waals surface area contributed by atoms with Crippen LogP contribution >= 0.6 is 23.2 Å². The van der Waals surface area contributed by atoms with E-state index in [1.54, 1.807) is 42.4 Å². The molecule has 2 rings (SSSR count). The molecular formula is C16H18Cl2N2O2. The maximum atomic E-state index is 12.2. The van der Waals surface area contributed by atoms with Crippen LogP contribution in [0, 0.1) is 0 Å². The number of carbonyl (C=O) groups excluding carboxylic acids is 1. The zero-order chi connectivity index (χ0) is 16.3. The van der Waals surface area contributed by atoms with Crippen molar-refractivity contribution in [1.29, 1.82) is 0 Å². The maximum Gasteiger partial charge on any atom is 0.225 e. The average Bonchev–Trinajstić information content (AvgIpc) is 2.77. The minimum atomic E-state index is -0.843. The average molecular weight is 341 g/mol. The number of nitrogens with zero attached hydrogens (tertiary/aromatic N) is 2. The first-order chi connectivity index (χ1) is 10.4. The minimum absolute atomic E-state index is 0.0241. The van der Waals surface area contributed by atoms with Gasteiger partial charge in [-0.15, -0.1) is 0 Å². The van der Waals surface area contributed by atoms with Crippen molar-refractivity contribution in [3.8, 4) is 0 Å². The molecular weight excluding hydrogens is 323 g/mol. The fraction of sp³-hybridized carbons (Fsp3) is 0.312. The van der Waals surface area contributed by atoms with Crippen molar-refractivity contribution in [3.63, 3.8) is 0 Å². The first kappa shape index (κ1) is 16.9. The molecule has 2 aromatic rings. The number of carbonyl (C=O) groups is 1. The van der Waals surface area contributed by atoms with Gasteiger partial charge in [-0.05, 0) is 23.8 Å². The summed E-state index contributed by atoms with van der Waals surface area (Å²) in [4.78, 5) is 13.8. The summed E-state index contributed by atoms with van der Waals surface area (Å²) in [6.07, 6.45) is 0.970. The highest BCUT2D eigenvalue weighted by Gasteiger charge is 2.17. The molecule has 1 N–H and O–H groups in total. The fourth-order valence-electron chi connectivity index (χ4n) is 2.18. The molecule has 1 aromatic heterocycles. The van der Waals surface area contributed by atoms with Crippen molar-refractivity contribution < 1.29 is 9.90 Å². The second kappa shape index (κ2) is 7.18. The lowest BCUT2D eigenvalue weighted by molar-refractivity contribution is -0.132. The van der Waals surface area contributed by atoms with Crippen LogP contribution in [-0.2, 0) is 18.4 Å². The number of aliphatic hydroxyl groups is 1. The summed E-state index contributed by atoms with van der Waals surface area (Å²) in [5.41, 5.74) is 1.61. The van der Waals surface area contributed by atoms with Crippen LogP contribution in [0.3, 0.4) is 0 Å². The molecule has 1 unspecified atom stereocenters. The van der Waals surface area contributed by atoms with Crippen molar-refractivity contribution in [1.82, 2.24) is 9.47 Å². The second-order valence-electron chi connectivity index (χ2n) is 5.28. The van der Waals surface area contributed by atoms with Gasteiger partial charge in [-0.3, -0.25) is 4.79 Å². The highest BCUT2D eigenvalue weighted by atomic mass is 35.5. The molecule has 1 heterocycles. The van der Waals surface area contributed by atoms with Crippen LogP contribution in [0.1, 0.15) is 23.8 Å². The van der Waals surface area contributed by atoms with Crippen LogP contribution < -0.4 is 0 Å². The number of hydrogen-bond acceptors (Lipinski definition) is 2. The normalized spacial score (nSPS) is 12.2. The molecule has 1 aromatic carbocycles. The van der Waals surface area contributed by atoms with Gasteiger partial charge in [0.1, 0.15) is 0 Å². The Morgan fingerprint density at radius 2 is 1.91 bits per heavy atom. The minimum Gasteiger partial charge on any atom is -0.388 e. The first-order valence-electron chi connectivity index (χ1n) is 6.85. The van der Waals surface area contributed by atoms with Crippen molar-refractivity contribution in [3.05, 3.63) is 57.8 Å². The summed E-state index contributed by atoms with van der Waals surface area (Å²) in [6.45, 7) is 0.440. The van der Waals surface area contributed by atoms with Gasteiger partial charge in [0.25, 0.3) is 0 Å². The smallest absolute Gasteiger partial charge is 0.225 e. The Bertz CT molecular complexity index is 653. The molecule has 0 radical (unpaired) electrons. The standard InChI is InChI=1S/C16H18Cl2N2O2/c1-19-9-13(18)7-14(19)10-20(2)16(22)8-15(21)11-3-5-12(17)6-4-11/h3-7,9,15,21H,8,10H2,1-2H3. The summed E-state index contributed by atoms with van der Waals surface area (Å²) in [6, 6.07) is 8.65. The van der Waals surface area contributed by atoms with Crippen molar-refractivity contribution >= 4 is 29.1 Å². The molecule has 0 aliphatic carbocycles. The molecule has 6 heteroatoms. The van der Waals surface area contributed by atoms with E-state index in [2.05, 4.69) is 0 Å². The third-order valence-corrected chi connectivity index (χ3v) is 3.98. The van der Waals surface area contributed by atoms with Crippen LogP contribution in [0.4, 0.5) is 0 Å². The summed E-state index contributed by atoms with van der Waals surface area (Å²) in [5.74, 6) is -0.139. The van der Waals surface area contributed by atoms with Gasteiger partial charge in [0.15, 0.2) is 0 Å². The van der Waals surface area contributed by atoms with Gasteiger partial charge in [0.05, 0.1) is 24.1 Å². The zero-order valence-electron chi connectivity index (χ0n) is 12.5. The van der Waals surface area contributed by atoms with E-state index < -0.39 is 6.10 Å². The predicted octanol–water partition coefficient (Wildman–Crippen LogP) is 3.41. The van der Waals surface area contributed by atoms with E-state index >= 15 is 0 Å². The Hall–Kier alpha value is -1.49. The summed E-state index contributed by atoms with van der Waals surface area (Å²) in [5, 5.41) is 11.4. The molecule has 0 fully saturated rings. The van der Waals surface area contributed by atoms with E-state index in [-0.39, 0.29) is 12.3 Å². The van der Waals surface area contributed by atoms with Gasteiger partial charge in [0.2, 0.25) is 5.91 Å².